The molecule has 1 aromatic heterocycles. The first-order chi connectivity index (χ1) is 8.20. The predicted octanol–water partition coefficient (Wildman–Crippen LogP) is 1.23. The van der Waals surface area contributed by atoms with E-state index < -0.39 is 0 Å². The molecule has 2 rings (SSSR count). The van der Waals surface area contributed by atoms with Crippen LogP contribution in [0.4, 0.5) is 0 Å². The molecule has 1 aliphatic rings. The lowest BCUT2D eigenvalue weighted by Gasteiger charge is -2.22. The van der Waals surface area contributed by atoms with Gasteiger partial charge in [0.2, 0.25) is 5.76 Å². The Kier molecular flexibility index (Phi) is 3.78. The third kappa shape index (κ3) is 2.85. The van der Waals surface area contributed by atoms with Crippen LogP contribution in [-0.4, -0.2) is 23.7 Å². The van der Waals surface area contributed by atoms with E-state index >= 15 is 0 Å². The van der Waals surface area contributed by atoms with Gasteiger partial charge >= 0.3 is 0 Å². The third-order valence-corrected chi connectivity index (χ3v) is 3.39. The minimum atomic E-state index is -0.215. The summed E-state index contributed by atoms with van der Waals surface area (Å²) < 4.78 is 4.93. The van der Waals surface area contributed by atoms with Crippen LogP contribution in [0.3, 0.4) is 0 Å². The second-order valence-electron chi connectivity index (χ2n) is 4.69. The molecule has 94 valence electrons. The van der Waals surface area contributed by atoms with Crippen LogP contribution in [0.25, 0.3) is 0 Å². The van der Waals surface area contributed by atoms with Crippen molar-refractivity contribution in [3.63, 3.8) is 0 Å². The highest BCUT2D eigenvalue weighted by atomic mass is 16.5. The number of aromatic nitrogens is 1. The van der Waals surface area contributed by atoms with Crippen LogP contribution >= 0.6 is 0 Å². The van der Waals surface area contributed by atoms with Crippen LogP contribution in [0.1, 0.15) is 41.9 Å². The SMILES string of the molecule is Cc1cc(C(=O)NC(CN)C2CCCC2)on1. The average Bonchev–Trinajstić information content (AvgIpc) is 2.96. The third-order valence-electron chi connectivity index (χ3n) is 3.39. The summed E-state index contributed by atoms with van der Waals surface area (Å²) in [7, 11) is 0. The van der Waals surface area contributed by atoms with E-state index in [2.05, 4.69) is 10.5 Å². The Morgan fingerprint density at radius 1 is 1.65 bits per heavy atom. The van der Waals surface area contributed by atoms with Crippen molar-refractivity contribution in [3.8, 4) is 0 Å². The summed E-state index contributed by atoms with van der Waals surface area (Å²) >= 11 is 0. The maximum Gasteiger partial charge on any atom is 0.290 e. The fraction of sp³-hybridized carbons (Fsp3) is 0.667. The van der Waals surface area contributed by atoms with Gasteiger partial charge in [0.1, 0.15) is 0 Å². The molecule has 0 radical (unpaired) electrons. The van der Waals surface area contributed by atoms with E-state index in [1.54, 1.807) is 13.0 Å². The Morgan fingerprint density at radius 3 is 2.88 bits per heavy atom. The summed E-state index contributed by atoms with van der Waals surface area (Å²) in [4.78, 5) is 11.9. The van der Waals surface area contributed by atoms with Crippen molar-refractivity contribution in [1.82, 2.24) is 10.5 Å². The van der Waals surface area contributed by atoms with Crippen molar-refractivity contribution in [2.24, 2.45) is 11.7 Å². The molecule has 1 aliphatic carbocycles. The number of nitrogens with two attached hydrogens (primary N) is 1. The minimum absolute atomic E-state index is 0.0513. The zero-order valence-corrected chi connectivity index (χ0v) is 10.1. The first-order valence-corrected chi connectivity index (χ1v) is 6.15. The highest BCUT2D eigenvalue weighted by molar-refractivity contribution is 5.91. The fourth-order valence-electron chi connectivity index (χ4n) is 2.44. The van der Waals surface area contributed by atoms with E-state index in [9.17, 15) is 4.79 Å². The molecule has 1 amide bonds. The van der Waals surface area contributed by atoms with Crippen LogP contribution in [0.15, 0.2) is 10.6 Å². The Morgan fingerprint density at radius 2 is 2.35 bits per heavy atom. The van der Waals surface area contributed by atoms with Gasteiger partial charge in [-0.3, -0.25) is 4.79 Å². The quantitative estimate of drug-likeness (QED) is 0.825. The maximum atomic E-state index is 11.9. The zero-order valence-electron chi connectivity index (χ0n) is 10.1. The van der Waals surface area contributed by atoms with Gasteiger partial charge in [-0.05, 0) is 25.7 Å². The zero-order chi connectivity index (χ0) is 12.3. The van der Waals surface area contributed by atoms with Crippen molar-refractivity contribution < 1.29 is 9.32 Å². The molecular weight excluding hydrogens is 218 g/mol. The summed E-state index contributed by atoms with van der Waals surface area (Å²) in [6.45, 7) is 2.27. The highest BCUT2D eigenvalue weighted by Crippen LogP contribution is 2.27. The largest absolute Gasteiger partial charge is 0.351 e. The number of nitrogens with one attached hydrogen (secondary N) is 1. The molecule has 3 N–H and O–H groups in total. The lowest BCUT2D eigenvalue weighted by molar-refractivity contribution is 0.0886. The number of hydrogen-bond acceptors (Lipinski definition) is 4. The van der Waals surface area contributed by atoms with Crippen molar-refractivity contribution >= 4 is 5.91 Å². The monoisotopic (exact) mass is 237 g/mol. The van der Waals surface area contributed by atoms with Crippen LogP contribution in [-0.2, 0) is 0 Å². The van der Waals surface area contributed by atoms with Gasteiger partial charge in [0.05, 0.1) is 5.69 Å². The number of hydrogen-bond donors (Lipinski definition) is 2. The molecule has 5 heteroatoms. The predicted molar refractivity (Wildman–Crippen MR) is 63.5 cm³/mol. The summed E-state index contributed by atoms with van der Waals surface area (Å²) in [6, 6.07) is 1.69. The first kappa shape index (κ1) is 12.1. The molecule has 0 aliphatic heterocycles. The van der Waals surface area contributed by atoms with E-state index in [0.717, 1.165) is 12.8 Å². The smallest absolute Gasteiger partial charge is 0.290 e. The highest BCUT2D eigenvalue weighted by Gasteiger charge is 2.26. The van der Waals surface area contributed by atoms with Gasteiger partial charge in [-0.25, -0.2) is 0 Å². The van der Waals surface area contributed by atoms with Crippen LogP contribution in [0.2, 0.25) is 0 Å². The maximum absolute atomic E-state index is 11.9. The summed E-state index contributed by atoms with van der Waals surface area (Å²) in [5.74, 6) is 0.555. The lowest BCUT2D eigenvalue weighted by atomic mass is 9.98. The van der Waals surface area contributed by atoms with E-state index in [-0.39, 0.29) is 17.7 Å². The Balaban J connectivity index is 1.96. The molecule has 1 atom stereocenters. The van der Waals surface area contributed by atoms with Gasteiger partial charge in [0, 0.05) is 18.7 Å². The normalized spacial score (nSPS) is 18.2. The molecule has 1 aromatic rings. The van der Waals surface area contributed by atoms with E-state index in [1.807, 2.05) is 0 Å². The van der Waals surface area contributed by atoms with Gasteiger partial charge in [-0.1, -0.05) is 18.0 Å². The van der Waals surface area contributed by atoms with Crippen LogP contribution in [0.5, 0.6) is 0 Å². The second-order valence-corrected chi connectivity index (χ2v) is 4.69. The topological polar surface area (TPSA) is 81.2 Å². The molecule has 1 saturated carbocycles. The number of aryl methyl sites for hydroxylation is 1. The summed E-state index contributed by atoms with van der Waals surface area (Å²) in [5.41, 5.74) is 6.43. The summed E-state index contributed by atoms with van der Waals surface area (Å²) in [5, 5.41) is 6.64. The van der Waals surface area contributed by atoms with Crippen molar-refractivity contribution in [1.29, 1.82) is 0 Å². The van der Waals surface area contributed by atoms with Crippen molar-refractivity contribution in [2.45, 2.75) is 38.6 Å². The Bertz CT molecular complexity index is 383. The molecule has 17 heavy (non-hydrogen) atoms. The molecule has 0 bridgehead atoms. The number of rotatable bonds is 4. The van der Waals surface area contributed by atoms with Gasteiger partial charge in [-0.2, -0.15) is 0 Å². The molecule has 0 spiro atoms. The lowest BCUT2D eigenvalue weighted by Crippen LogP contribution is -2.44. The minimum Gasteiger partial charge on any atom is -0.351 e. The average molecular weight is 237 g/mol. The molecule has 5 nitrogen and oxygen atoms in total. The van der Waals surface area contributed by atoms with Gasteiger partial charge < -0.3 is 15.6 Å². The van der Waals surface area contributed by atoms with Crippen LogP contribution in [0, 0.1) is 12.8 Å². The number of amides is 1. The number of carbonyl (C=O) groups is 1. The standard InChI is InChI=1S/C12H19N3O2/c1-8-6-11(17-15-8)12(16)14-10(7-13)9-4-2-3-5-9/h6,9-10H,2-5,7,13H2,1H3,(H,14,16). The molecule has 0 aromatic carbocycles. The van der Waals surface area contributed by atoms with Crippen molar-refractivity contribution in [3.05, 3.63) is 17.5 Å². The molecule has 1 fully saturated rings. The van der Waals surface area contributed by atoms with Crippen molar-refractivity contribution in [2.75, 3.05) is 6.54 Å². The van der Waals surface area contributed by atoms with Gasteiger partial charge in [0.25, 0.3) is 5.91 Å². The van der Waals surface area contributed by atoms with Gasteiger partial charge in [0.15, 0.2) is 0 Å². The Hall–Kier alpha value is -1.36. The molecule has 0 saturated heterocycles. The molecule has 1 unspecified atom stereocenters. The fourth-order valence-corrected chi connectivity index (χ4v) is 2.44. The second kappa shape index (κ2) is 5.31. The first-order valence-electron chi connectivity index (χ1n) is 6.15. The number of carbonyl (C=O) groups excluding carboxylic acids is 1. The van der Waals surface area contributed by atoms with E-state index in [1.165, 1.54) is 12.8 Å². The Labute approximate surface area is 101 Å². The van der Waals surface area contributed by atoms with E-state index in [4.69, 9.17) is 10.3 Å². The summed E-state index contributed by atoms with van der Waals surface area (Å²) in [6.07, 6.45) is 4.77. The molecular formula is C12H19N3O2. The van der Waals surface area contributed by atoms with E-state index in [0.29, 0.717) is 18.2 Å². The molecule has 1 heterocycles. The van der Waals surface area contributed by atoms with Crippen LogP contribution < -0.4 is 11.1 Å². The van der Waals surface area contributed by atoms with Gasteiger partial charge in [-0.15, -0.1) is 0 Å². The number of nitrogens with zero attached hydrogens (tertiary/aromatic N) is 1.